The number of carbonyl (C=O) groups is 1. The molecule has 2 N–H and O–H groups in total. The van der Waals surface area contributed by atoms with Crippen LogP contribution in [0.4, 0.5) is 11.4 Å². The SMILES string of the molecule is COc1ccc(C2C=C3Nc4ccccc4NC(c4ccccc4Cl)C3C(=O)C2)cc1OC. The van der Waals surface area contributed by atoms with E-state index in [1.165, 1.54) is 0 Å². The highest BCUT2D eigenvalue weighted by Gasteiger charge is 2.40. The van der Waals surface area contributed by atoms with Crippen LogP contribution < -0.4 is 20.1 Å². The first-order valence-corrected chi connectivity index (χ1v) is 11.3. The van der Waals surface area contributed by atoms with Gasteiger partial charge in [-0.2, -0.15) is 0 Å². The number of para-hydroxylation sites is 2. The lowest BCUT2D eigenvalue weighted by atomic mass is 9.76. The highest BCUT2D eigenvalue weighted by molar-refractivity contribution is 6.31. The van der Waals surface area contributed by atoms with E-state index >= 15 is 0 Å². The van der Waals surface area contributed by atoms with Crippen LogP contribution in [0.25, 0.3) is 0 Å². The van der Waals surface area contributed by atoms with Gasteiger partial charge in [-0.15, -0.1) is 0 Å². The Hall–Kier alpha value is -3.44. The molecule has 33 heavy (non-hydrogen) atoms. The molecule has 1 aliphatic carbocycles. The van der Waals surface area contributed by atoms with Gasteiger partial charge >= 0.3 is 0 Å². The van der Waals surface area contributed by atoms with E-state index in [2.05, 4.69) is 16.7 Å². The summed E-state index contributed by atoms with van der Waals surface area (Å²) in [6.45, 7) is 0. The first kappa shape index (κ1) is 21.4. The van der Waals surface area contributed by atoms with Gasteiger partial charge in [0, 0.05) is 23.1 Å². The summed E-state index contributed by atoms with van der Waals surface area (Å²) in [4.78, 5) is 13.7. The lowest BCUT2D eigenvalue weighted by Gasteiger charge is -2.33. The zero-order valence-electron chi connectivity index (χ0n) is 18.5. The molecule has 0 amide bonds. The van der Waals surface area contributed by atoms with Gasteiger partial charge in [0.05, 0.1) is 37.6 Å². The van der Waals surface area contributed by atoms with Gasteiger partial charge in [0.25, 0.3) is 0 Å². The molecule has 1 heterocycles. The molecule has 0 radical (unpaired) electrons. The van der Waals surface area contributed by atoms with Gasteiger partial charge in [0.1, 0.15) is 5.78 Å². The number of halogens is 1. The molecule has 0 aromatic heterocycles. The largest absolute Gasteiger partial charge is 0.493 e. The number of rotatable bonds is 4. The number of allylic oxidation sites excluding steroid dienone is 1. The van der Waals surface area contributed by atoms with Crippen molar-refractivity contribution in [3.63, 3.8) is 0 Å². The maximum atomic E-state index is 13.7. The zero-order chi connectivity index (χ0) is 22.9. The minimum Gasteiger partial charge on any atom is -0.493 e. The lowest BCUT2D eigenvalue weighted by Crippen LogP contribution is -2.34. The minimum atomic E-state index is -0.381. The van der Waals surface area contributed by atoms with Gasteiger partial charge in [-0.1, -0.05) is 54.1 Å². The third kappa shape index (κ3) is 3.93. The molecule has 3 unspecified atom stereocenters. The predicted molar refractivity (Wildman–Crippen MR) is 131 cm³/mol. The number of fused-ring (bicyclic) bond motifs is 2. The summed E-state index contributed by atoms with van der Waals surface area (Å²) < 4.78 is 10.9. The molecule has 3 aromatic rings. The monoisotopic (exact) mass is 460 g/mol. The second-order valence-electron chi connectivity index (χ2n) is 8.31. The molecule has 0 saturated heterocycles. The summed E-state index contributed by atoms with van der Waals surface area (Å²) in [6.07, 6.45) is 2.56. The fraction of sp³-hybridized carbons (Fsp3) is 0.222. The number of hydrogen-bond acceptors (Lipinski definition) is 5. The number of benzene rings is 3. The molecule has 0 fully saturated rings. The molecule has 0 spiro atoms. The number of ether oxygens (including phenoxy) is 2. The van der Waals surface area contributed by atoms with E-state index < -0.39 is 0 Å². The topological polar surface area (TPSA) is 59.6 Å². The average Bonchev–Trinajstić information content (AvgIpc) is 3.00. The van der Waals surface area contributed by atoms with Crippen molar-refractivity contribution >= 4 is 28.8 Å². The van der Waals surface area contributed by atoms with Crippen LogP contribution in [0.15, 0.2) is 78.5 Å². The van der Waals surface area contributed by atoms with Crippen molar-refractivity contribution in [2.75, 3.05) is 24.9 Å². The molecular weight excluding hydrogens is 436 g/mol. The van der Waals surface area contributed by atoms with Crippen molar-refractivity contribution in [2.45, 2.75) is 18.4 Å². The number of Topliss-reactive ketones (excluding diaryl/α,β-unsaturated/α-hetero) is 1. The van der Waals surface area contributed by atoms with Gasteiger partial charge in [0.15, 0.2) is 11.5 Å². The summed E-state index contributed by atoms with van der Waals surface area (Å²) in [5.74, 6) is 1.02. The number of anilines is 2. The van der Waals surface area contributed by atoms with Gasteiger partial charge in [-0.05, 0) is 41.5 Å². The second-order valence-corrected chi connectivity index (χ2v) is 8.71. The Bertz CT molecular complexity index is 1240. The van der Waals surface area contributed by atoms with Crippen LogP contribution in [-0.4, -0.2) is 20.0 Å². The molecule has 6 heteroatoms. The van der Waals surface area contributed by atoms with Crippen molar-refractivity contribution in [2.24, 2.45) is 5.92 Å². The van der Waals surface area contributed by atoms with E-state index in [0.717, 1.165) is 28.2 Å². The summed E-state index contributed by atoms with van der Waals surface area (Å²) in [7, 11) is 3.23. The third-order valence-electron chi connectivity index (χ3n) is 6.41. The summed E-state index contributed by atoms with van der Waals surface area (Å²) in [5.41, 5.74) is 4.67. The smallest absolute Gasteiger partial charge is 0.161 e. The van der Waals surface area contributed by atoms with Gasteiger partial charge in [-0.3, -0.25) is 4.79 Å². The van der Waals surface area contributed by atoms with Crippen LogP contribution in [0.1, 0.15) is 29.5 Å². The Balaban J connectivity index is 1.61. The minimum absolute atomic E-state index is 0.0757. The Labute approximate surface area is 198 Å². The van der Waals surface area contributed by atoms with Crippen molar-refractivity contribution in [1.29, 1.82) is 0 Å². The second kappa shape index (κ2) is 8.83. The van der Waals surface area contributed by atoms with Crippen LogP contribution in [0.5, 0.6) is 11.5 Å². The fourth-order valence-corrected chi connectivity index (χ4v) is 5.04. The predicted octanol–water partition coefficient (Wildman–Crippen LogP) is 6.19. The first-order chi connectivity index (χ1) is 16.1. The molecule has 0 saturated carbocycles. The van der Waals surface area contributed by atoms with Crippen molar-refractivity contribution in [3.8, 4) is 11.5 Å². The molecule has 5 nitrogen and oxygen atoms in total. The Morgan fingerprint density at radius 1 is 0.909 bits per heavy atom. The van der Waals surface area contributed by atoms with Crippen LogP contribution in [0, 0.1) is 5.92 Å². The normalized spacial score (nSPS) is 21.5. The maximum absolute atomic E-state index is 13.7. The number of methoxy groups -OCH3 is 2. The molecule has 168 valence electrons. The molecule has 3 atom stereocenters. The fourth-order valence-electron chi connectivity index (χ4n) is 4.79. The Morgan fingerprint density at radius 2 is 1.64 bits per heavy atom. The van der Waals surface area contributed by atoms with Crippen LogP contribution in [0.2, 0.25) is 5.02 Å². The lowest BCUT2D eigenvalue weighted by molar-refractivity contribution is -0.122. The maximum Gasteiger partial charge on any atom is 0.161 e. The number of nitrogens with one attached hydrogen (secondary N) is 2. The Morgan fingerprint density at radius 3 is 2.39 bits per heavy atom. The summed E-state index contributed by atoms with van der Waals surface area (Å²) in [5, 5.41) is 7.77. The highest BCUT2D eigenvalue weighted by Crippen LogP contribution is 2.46. The standard InChI is InChI=1S/C27H25ClN2O3/c1-32-24-12-11-16(15-25(24)33-2)17-13-22-26(23(31)14-17)27(18-7-3-4-8-19(18)28)30-21-10-6-5-9-20(21)29-22/h3-13,15,17,26-27,29-30H,14H2,1-2H3. The van der Waals surface area contributed by atoms with E-state index in [-0.39, 0.29) is 23.7 Å². The quantitative estimate of drug-likeness (QED) is 0.486. The average molecular weight is 461 g/mol. The van der Waals surface area contributed by atoms with Gasteiger partial charge in [0.2, 0.25) is 0 Å². The number of carbonyl (C=O) groups excluding carboxylic acids is 1. The molecule has 1 aliphatic heterocycles. The van der Waals surface area contributed by atoms with Crippen LogP contribution in [0.3, 0.4) is 0 Å². The van der Waals surface area contributed by atoms with Crippen LogP contribution >= 0.6 is 11.6 Å². The molecule has 3 aromatic carbocycles. The third-order valence-corrected chi connectivity index (χ3v) is 6.75. The molecule has 5 rings (SSSR count). The van der Waals surface area contributed by atoms with Gasteiger partial charge in [-0.25, -0.2) is 0 Å². The molecular formula is C27H25ClN2O3. The zero-order valence-corrected chi connectivity index (χ0v) is 19.2. The van der Waals surface area contributed by atoms with E-state index in [4.69, 9.17) is 21.1 Å². The Kier molecular flexibility index (Phi) is 5.73. The van der Waals surface area contributed by atoms with E-state index in [1.807, 2.05) is 66.7 Å². The summed E-state index contributed by atoms with van der Waals surface area (Å²) in [6, 6.07) is 21.2. The van der Waals surface area contributed by atoms with Crippen molar-refractivity contribution in [3.05, 3.63) is 94.7 Å². The highest BCUT2D eigenvalue weighted by atomic mass is 35.5. The number of hydrogen-bond donors (Lipinski definition) is 2. The summed E-state index contributed by atoms with van der Waals surface area (Å²) >= 11 is 6.59. The van der Waals surface area contributed by atoms with Gasteiger partial charge < -0.3 is 20.1 Å². The van der Waals surface area contributed by atoms with E-state index in [0.29, 0.717) is 22.9 Å². The van der Waals surface area contributed by atoms with Crippen LogP contribution in [-0.2, 0) is 4.79 Å². The molecule has 0 bridgehead atoms. The number of ketones is 1. The van der Waals surface area contributed by atoms with E-state index in [9.17, 15) is 4.79 Å². The molecule has 2 aliphatic rings. The van der Waals surface area contributed by atoms with E-state index in [1.54, 1.807) is 14.2 Å². The van der Waals surface area contributed by atoms with Crippen molar-refractivity contribution in [1.82, 2.24) is 0 Å². The van der Waals surface area contributed by atoms with Crippen molar-refractivity contribution < 1.29 is 14.3 Å². The first-order valence-electron chi connectivity index (χ1n) is 10.9.